The van der Waals surface area contributed by atoms with Crippen molar-refractivity contribution in [1.82, 2.24) is 20.1 Å². The summed E-state index contributed by atoms with van der Waals surface area (Å²) in [5, 5.41) is 11.4. The molecule has 11 heteroatoms. The summed E-state index contributed by atoms with van der Waals surface area (Å²) >= 11 is 7.44. The predicted octanol–water partition coefficient (Wildman–Crippen LogP) is 4.57. The van der Waals surface area contributed by atoms with Crippen molar-refractivity contribution in [2.75, 3.05) is 12.8 Å². The highest BCUT2D eigenvalue weighted by Crippen LogP contribution is 2.37. The number of benzene rings is 1. The molecule has 0 aliphatic carbocycles. The number of carbonyl (C=O) groups excluding carboxylic acids is 1. The van der Waals surface area contributed by atoms with Crippen LogP contribution in [0.4, 0.5) is 13.2 Å². The van der Waals surface area contributed by atoms with E-state index in [1.54, 1.807) is 35.8 Å². The fraction of sp³-hybridized carbons (Fsp3) is 0.300. The molecule has 6 nitrogen and oxygen atoms in total. The molecule has 1 aromatic carbocycles. The van der Waals surface area contributed by atoms with Crippen LogP contribution in [-0.4, -0.2) is 45.4 Å². The Morgan fingerprint density at radius 1 is 1.29 bits per heavy atom. The van der Waals surface area contributed by atoms with Gasteiger partial charge in [-0.1, -0.05) is 30.3 Å². The number of aliphatic imine (C=N–C) groups is 1. The first-order chi connectivity index (χ1) is 14.5. The molecule has 1 aromatic heterocycles. The largest absolute Gasteiger partial charge is 0.471 e. The first-order valence-electron chi connectivity index (χ1n) is 9.10. The van der Waals surface area contributed by atoms with Gasteiger partial charge in [0.25, 0.3) is 0 Å². The van der Waals surface area contributed by atoms with E-state index in [4.69, 9.17) is 16.6 Å². The van der Waals surface area contributed by atoms with Gasteiger partial charge in [0.1, 0.15) is 11.9 Å². The Morgan fingerprint density at radius 2 is 1.94 bits per heavy atom. The maximum absolute atomic E-state index is 12.7. The maximum atomic E-state index is 12.7. The molecule has 0 saturated heterocycles. The average molecular weight is 470 g/mol. The Morgan fingerprint density at radius 3 is 2.48 bits per heavy atom. The minimum absolute atomic E-state index is 0.326. The molecule has 3 rings (SSSR count). The van der Waals surface area contributed by atoms with Gasteiger partial charge in [0, 0.05) is 22.7 Å². The van der Waals surface area contributed by atoms with Gasteiger partial charge in [0.15, 0.2) is 5.82 Å². The molecule has 0 fully saturated rings. The van der Waals surface area contributed by atoms with Crippen molar-refractivity contribution in [2.45, 2.75) is 26.1 Å². The molecule has 1 unspecified atom stereocenters. The van der Waals surface area contributed by atoms with E-state index in [2.05, 4.69) is 16.8 Å². The SMILES string of the molecule is C=C(C)C1=C(SC)n2c(C)nnc2C(CNC(=O)C(F)(F)F)N=C1c1ccc(Cl)cc1. The molecule has 0 radical (unpaired) electrons. The number of allylic oxidation sites excluding steroid dienone is 2. The Hall–Kier alpha value is -2.59. The summed E-state index contributed by atoms with van der Waals surface area (Å²) in [6.07, 6.45) is -3.13. The van der Waals surface area contributed by atoms with Crippen LogP contribution in [-0.2, 0) is 4.79 Å². The van der Waals surface area contributed by atoms with Crippen LogP contribution in [0.25, 0.3) is 5.03 Å². The number of aryl methyl sites for hydroxylation is 1. The smallest absolute Gasteiger partial charge is 0.346 e. The second-order valence-electron chi connectivity index (χ2n) is 6.81. The van der Waals surface area contributed by atoms with E-state index in [0.717, 1.165) is 5.03 Å². The van der Waals surface area contributed by atoms with E-state index in [9.17, 15) is 18.0 Å². The van der Waals surface area contributed by atoms with Crippen LogP contribution in [0.2, 0.25) is 5.02 Å². The zero-order chi connectivity index (χ0) is 22.9. The average Bonchev–Trinajstić information content (AvgIpc) is 3.00. The molecular weight excluding hydrogens is 451 g/mol. The number of halogens is 4. The van der Waals surface area contributed by atoms with E-state index < -0.39 is 24.7 Å². The number of nitrogens with one attached hydrogen (secondary N) is 1. The molecule has 2 aromatic rings. The van der Waals surface area contributed by atoms with E-state index >= 15 is 0 Å². The Balaban J connectivity index is 2.20. The highest BCUT2D eigenvalue weighted by atomic mass is 35.5. The highest BCUT2D eigenvalue weighted by Gasteiger charge is 2.39. The summed E-state index contributed by atoms with van der Waals surface area (Å²) < 4.78 is 39.9. The van der Waals surface area contributed by atoms with Crippen molar-refractivity contribution < 1.29 is 18.0 Å². The molecule has 31 heavy (non-hydrogen) atoms. The third-order valence-corrected chi connectivity index (χ3v) is 5.56. The summed E-state index contributed by atoms with van der Waals surface area (Å²) in [7, 11) is 0. The molecule has 0 spiro atoms. The van der Waals surface area contributed by atoms with Gasteiger partial charge in [-0.3, -0.25) is 14.4 Å². The lowest BCUT2D eigenvalue weighted by atomic mass is 9.98. The fourth-order valence-corrected chi connectivity index (χ4v) is 4.18. The standard InChI is InChI=1S/C20H19ClF3N5OS/c1-10(2)15-16(12-5-7-13(21)8-6-12)26-14(9-25-19(30)20(22,23)24)17-28-27-11(3)29(17)18(15)31-4/h5-8,14H,1,9H2,2-4H3,(H,25,30). The number of fused-ring (bicyclic) bond motifs is 1. The molecule has 1 aliphatic heterocycles. The van der Waals surface area contributed by atoms with Gasteiger partial charge in [-0.15, -0.1) is 22.0 Å². The van der Waals surface area contributed by atoms with Gasteiger partial charge in [0.2, 0.25) is 0 Å². The third-order valence-electron chi connectivity index (χ3n) is 4.54. The number of alkyl halides is 3. The molecular formula is C20H19ClF3N5OS. The molecule has 164 valence electrons. The maximum Gasteiger partial charge on any atom is 0.471 e. The number of carbonyl (C=O) groups is 1. The molecule has 0 saturated carbocycles. The van der Waals surface area contributed by atoms with E-state index in [0.29, 0.717) is 39.1 Å². The number of rotatable bonds is 5. The van der Waals surface area contributed by atoms with Crippen LogP contribution < -0.4 is 5.32 Å². The molecule has 1 aliphatic rings. The first kappa shape index (κ1) is 23.1. The van der Waals surface area contributed by atoms with E-state index in [1.165, 1.54) is 11.8 Å². The van der Waals surface area contributed by atoms with Gasteiger partial charge in [-0.25, -0.2) is 0 Å². The second-order valence-corrected chi connectivity index (χ2v) is 8.04. The van der Waals surface area contributed by atoms with Crippen LogP contribution in [0, 0.1) is 6.92 Å². The zero-order valence-electron chi connectivity index (χ0n) is 16.9. The summed E-state index contributed by atoms with van der Waals surface area (Å²) in [6.45, 7) is 7.23. The van der Waals surface area contributed by atoms with Gasteiger partial charge >= 0.3 is 12.1 Å². The van der Waals surface area contributed by atoms with Crippen molar-refractivity contribution in [3.05, 3.63) is 64.2 Å². The molecule has 1 N–H and O–H groups in total. The summed E-state index contributed by atoms with van der Waals surface area (Å²) in [6, 6.07) is 6.03. The van der Waals surface area contributed by atoms with Gasteiger partial charge in [-0.05, 0) is 37.8 Å². The lowest BCUT2D eigenvalue weighted by molar-refractivity contribution is -0.173. The Bertz CT molecular complexity index is 1090. The summed E-state index contributed by atoms with van der Waals surface area (Å²) in [5.74, 6) is -1.18. The monoisotopic (exact) mass is 469 g/mol. The number of hydrogen-bond acceptors (Lipinski definition) is 5. The van der Waals surface area contributed by atoms with Crippen LogP contribution in [0.3, 0.4) is 0 Å². The minimum atomic E-state index is -5.00. The van der Waals surface area contributed by atoms with Crippen molar-refractivity contribution in [1.29, 1.82) is 0 Å². The molecule has 0 bridgehead atoms. The Labute approximate surface area is 186 Å². The molecule has 2 heterocycles. The molecule has 1 atom stereocenters. The number of aromatic nitrogens is 3. The Kier molecular flexibility index (Phi) is 6.61. The number of hydrogen-bond donors (Lipinski definition) is 1. The van der Waals surface area contributed by atoms with Crippen molar-refractivity contribution >= 4 is 40.0 Å². The lowest BCUT2D eigenvalue weighted by Gasteiger charge is -2.16. The fourth-order valence-electron chi connectivity index (χ4n) is 3.17. The van der Waals surface area contributed by atoms with E-state index in [-0.39, 0.29) is 0 Å². The van der Waals surface area contributed by atoms with E-state index in [1.807, 2.05) is 18.5 Å². The first-order valence-corrected chi connectivity index (χ1v) is 10.7. The minimum Gasteiger partial charge on any atom is -0.346 e. The normalized spacial score (nSPS) is 16.5. The number of thioether (sulfide) groups is 1. The van der Waals surface area contributed by atoms with Crippen LogP contribution >= 0.6 is 23.4 Å². The zero-order valence-corrected chi connectivity index (χ0v) is 18.5. The number of amides is 1. The lowest BCUT2D eigenvalue weighted by Crippen LogP contribution is -2.39. The quantitative estimate of drug-likeness (QED) is 0.696. The van der Waals surface area contributed by atoms with Crippen LogP contribution in [0.1, 0.15) is 30.2 Å². The van der Waals surface area contributed by atoms with Crippen molar-refractivity contribution in [2.24, 2.45) is 4.99 Å². The predicted molar refractivity (Wildman–Crippen MR) is 116 cm³/mol. The van der Waals surface area contributed by atoms with Gasteiger partial charge in [-0.2, -0.15) is 13.2 Å². The summed E-state index contributed by atoms with van der Waals surface area (Å²) in [4.78, 5) is 16.1. The highest BCUT2D eigenvalue weighted by molar-refractivity contribution is 8.07. The number of nitrogens with zero attached hydrogens (tertiary/aromatic N) is 4. The van der Waals surface area contributed by atoms with Gasteiger partial charge in [0.05, 0.1) is 10.7 Å². The van der Waals surface area contributed by atoms with Crippen molar-refractivity contribution in [3.63, 3.8) is 0 Å². The van der Waals surface area contributed by atoms with Crippen LogP contribution in [0.15, 0.2) is 47.0 Å². The third kappa shape index (κ3) is 4.69. The second kappa shape index (κ2) is 8.88. The topological polar surface area (TPSA) is 72.2 Å². The summed E-state index contributed by atoms with van der Waals surface area (Å²) in [5.41, 5.74) is 2.64. The van der Waals surface area contributed by atoms with Crippen LogP contribution in [0.5, 0.6) is 0 Å². The van der Waals surface area contributed by atoms with Gasteiger partial charge < -0.3 is 5.32 Å². The van der Waals surface area contributed by atoms with Crippen molar-refractivity contribution in [3.8, 4) is 0 Å². The molecule has 1 amide bonds.